The van der Waals surface area contributed by atoms with Gasteiger partial charge < -0.3 is 0 Å². The van der Waals surface area contributed by atoms with Gasteiger partial charge in [-0.1, -0.05) is 0 Å². The van der Waals surface area contributed by atoms with E-state index in [0.29, 0.717) is 0 Å². The maximum Gasteiger partial charge on any atom is 0.475 e. The molecule has 0 unspecified atom stereocenters. The molecule has 0 rings (SSSR count). The molecule has 12 heavy (non-hydrogen) atoms. The maximum absolute atomic E-state index is 11.9. The summed E-state index contributed by atoms with van der Waals surface area (Å²) in [5.74, 6) is -1.78. The van der Waals surface area contributed by atoms with Gasteiger partial charge >= 0.3 is 12.1 Å². The lowest BCUT2D eigenvalue weighted by Gasteiger charge is -2.34. The van der Waals surface area contributed by atoms with E-state index >= 15 is 0 Å². The van der Waals surface area contributed by atoms with E-state index in [1.807, 2.05) is 0 Å². The van der Waals surface area contributed by atoms with Crippen molar-refractivity contribution in [3.63, 3.8) is 0 Å². The molecule has 0 fully saturated rings. The Morgan fingerprint density at radius 1 is 1.33 bits per heavy atom. The van der Waals surface area contributed by atoms with E-state index in [1.165, 1.54) is 21.1 Å². The van der Waals surface area contributed by atoms with Crippen molar-refractivity contribution in [3.8, 4) is 0 Å². The Kier molecular flexibility index (Phi) is 2.91. The van der Waals surface area contributed by atoms with E-state index in [-0.39, 0.29) is 15.0 Å². The average molecular weight is 201 g/mol. The molecule has 7 heteroatoms. The lowest BCUT2D eigenvalue weighted by molar-refractivity contribution is -0.956. The lowest BCUT2D eigenvalue weighted by Crippen LogP contribution is -2.56. The van der Waals surface area contributed by atoms with Crippen molar-refractivity contribution in [2.75, 3.05) is 21.1 Å². The van der Waals surface area contributed by atoms with Gasteiger partial charge in [0.1, 0.15) is 0 Å². The Morgan fingerprint density at radius 3 is 1.75 bits per heavy atom. The summed E-state index contributed by atoms with van der Waals surface area (Å²) >= 11 is 0. The van der Waals surface area contributed by atoms with Gasteiger partial charge in [-0.25, -0.2) is 9.27 Å². The first-order chi connectivity index (χ1) is 5.07. The zero-order valence-electron chi connectivity index (χ0n) is 7.44. The molecule has 0 aromatic heterocycles. The number of hydrogen-bond acceptors (Lipinski definition) is 1. The number of carbonyl (C=O) groups is 1. The Morgan fingerprint density at radius 2 is 1.67 bits per heavy atom. The molecule has 72 valence electrons. The number of halogens is 3. The van der Waals surface area contributed by atoms with Crippen molar-refractivity contribution >= 4 is 16.3 Å². The van der Waals surface area contributed by atoms with Crippen molar-refractivity contribution < 1.29 is 22.6 Å². The number of nitrogens with zero attached hydrogens (tertiary/aromatic N) is 2. The molecule has 0 aromatic rings. The number of quaternary nitrogens is 1. The molecule has 3 nitrogen and oxygen atoms in total. The molecule has 0 aliphatic heterocycles. The quantitative estimate of drug-likeness (QED) is 0.311. The molecule has 0 heterocycles. The van der Waals surface area contributed by atoms with E-state index in [2.05, 4.69) is 0 Å². The minimum atomic E-state index is -4.76. The third kappa shape index (κ3) is 2.82. The van der Waals surface area contributed by atoms with Crippen molar-refractivity contribution in [2.45, 2.75) is 6.18 Å². The third-order valence-electron chi connectivity index (χ3n) is 1.44. The van der Waals surface area contributed by atoms with Crippen LogP contribution in [-0.2, 0) is 4.79 Å². The highest BCUT2D eigenvalue weighted by atomic mass is 28.2. The smallest absolute Gasteiger partial charge is 0.260 e. The number of hydrogen-bond donors (Lipinski definition) is 0. The summed E-state index contributed by atoms with van der Waals surface area (Å²) < 4.78 is 36.2. The Bertz CT molecular complexity index is 186. The minimum Gasteiger partial charge on any atom is -0.260 e. The second kappa shape index (κ2) is 3.06. The SMILES string of the molecule is C[N+](C)(C)N([SiH3])C(=O)C(F)(F)F. The van der Waals surface area contributed by atoms with Crippen molar-refractivity contribution in [1.29, 1.82) is 0 Å². The summed E-state index contributed by atoms with van der Waals surface area (Å²) in [6.45, 7) is 0. The molecule has 0 N–H and O–H groups in total. The van der Waals surface area contributed by atoms with Crippen molar-refractivity contribution in [1.82, 2.24) is 4.67 Å². The van der Waals surface area contributed by atoms with Crippen LogP contribution in [0.3, 0.4) is 0 Å². The fourth-order valence-electron chi connectivity index (χ4n) is 0.456. The van der Waals surface area contributed by atoms with Crippen LogP contribution in [0.1, 0.15) is 0 Å². The van der Waals surface area contributed by atoms with E-state index < -0.39 is 12.1 Å². The molecule has 0 aliphatic carbocycles. The third-order valence-corrected chi connectivity index (χ3v) is 3.04. The van der Waals surface area contributed by atoms with Crippen LogP contribution in [0.4, 0.5) is 13.2 Å². The first-order valence-electron chi connectivity index (χ1n) is 3.23. The zero-order valence-corrected chi connectivity index (χ0v) is 9.44. The van der Waals surface area contributed by atoms with Crippen LogP contribution in [0.5, 0.6) is 0 Å². The normalized spacial score (nSPS) is 13.2. The van der Waals surface area contributed by atoms with Gasteiger partial charge in [0.15, 0.2) is 10.4 Å². The topological polar surface area (TPSA) is 20.3 Å². The molecule has 0 bridgehead atoms. The molecular formula is C5H12F3N2OSi+. The molecule has 1 amide bonds. The van der Waals surface area contributed by atoms with E-state index in [9.17, 15) is 18.0 Å². The zero-order chi connectivity index (χ0) is 10.2. The standard InChI is InChI=1S/C5H12F3N2OSi/c1-10(2,3)9(12)4(11)5(6,7)8/h1-3,12H3/q+1. The number of rotatable bonds is 1. The van der Waals surface area contributed by atoms with Crippen LogP contribution in [-0.4, -0.2) is 52.9 Å². The van der Waals surface area contributed by atoms with E-state index in [0.717, 1.165) is 4.67 Å². The monoisotopic (exact) mass is 201 g/mol. The highest BCUT2D eigenvalue weighted by Gasteiger charge is 2.45. The van der Waals surface area contributed by atoms with Crippen LogP contribution in [0, 0.1) is 0 Å². The van der Waals surface area contributed by atoms with Gasteiger partial charge in [0.2, 0.25) is 0 Å². The Hall–Kier alpha value is -0.563. The predicted molar refractivity (Wildman–Crippen MR) is 40.9 cm³/mol. The van der Waals surface area contributed by atoms with Crippen LogP contribution < -0.4 is 0 Å². The van der Waals surface area contributed by atoms with E-state index in [1.54, 1.807) is 0 Å². The number of carbonyl (C=O) groups excluding carboxylic acids is 1. The molecule has 0 spiro atoms. The fourth-order valence-corrected chi connectivity index (χ4v) is 0.709. The summed E-state index contributed by atoms with van der Waals surface area (Å²) in [7, 11) is 4.58. The molecule has 0 aromatic carbocycles. The van der Waals surface area contributed by atoms with Gasteiger partial charge in [0.05, 0.1) is 21.1 Å². The number of alkyl halides is 3. The predicted octanol–water partition coefficient (Wildman–Crippen LogP) is -0.721. The lowest BCUT2D eigenvalue weighted by atomic mass is 10.6. The minimum absolute atomic E-state index is 0.0488. The van der Waals surface area contributed by atoms with Gasteiger partial charge in [0, 0.05) is 0 Å². The second-order valence-electron chi connectivity index (χ2n) is 3.27. The van der Waals surface area contributed by atoms with Gasteiger partial charge in [-0.3, -0.25) is 4.79 Å². The molecule has 0 atom stereocenters. The largest absolute Gasteiger partial charge is 0.475 e. The van der Waals surface area contributed by atoms with Crippen LogP contribution >= 0.6 is 0 Å². The van der Waals surface area contributed by atoms with Crippen molar-refractivity contribution in [3.05, 3.63) is 0 Å². The highest BCUT2D eigenvalue weighted by molar-refractivity contribution is 6.13. The first kappa shape index (κ1) is 11.4. The van der Waals surface area contributed by atoms with Gasteiger partial charge in [-0.2, -0.15) is 13.2 Å². The fraction of sp³-hybridized carbons (Fsp3) is 0.800. The average Bonchev–Trinajstić information content (AvgIpc) is 1.80. The molecule has 0 saturated heterocycles. The molecule has 0 aliphatic rings. The highest BCUT2D eigenvalue weighted by Crippen LogP contribution is 2.18. The number of amides is 1. The Labute approximate surface area is 71.8 Å². The van der Waals surface area contributed by atoms with Gasteiger partial charge in [-0.15, -0.1) is 0 Å². The molecule has 0 saturated carbocycles. The summed E-state index contributed by atoms with van der Waals surface area (Å²) in [6.07, 6.45) is -4.76. The Balaban J connectivity index is 4.53. The van der Waals surface area contributed by atoms with Gasteiger partial charge in [0.25, 0.3) is 0 Å². The van der Waals surface area contributed by atoms with Crippen LogP contribution in [0.15, 0.2) is 0 Å². The van der Waals surface area contributed by atoms with E-state index in [4.69, 9.17) is 0 Å². The second-order valence-corrected chi connectivity index (χ2v) is 4.12. The summed E-state index contributed by atoms with van der Waals surface area (Å²) in [4.78, 5) is 10.6. The molecular weight excluding hydrogens is 189 g/mol. The van der Waals surface area contributed by atoms with Gasteiger partial charge in [-0.05, 0) is 0 Å². The van der Waals surface area contributed by atoms with Crippen LogP contribution in [0.25, 0.3) is 0 Å². The summed E-state index contributed by atoms with van der Waals surface area (Å²) in [6, 6.07) is 0. The maximum atomic E-state index is 11.9. The molecule has 0 radical (unpaired) electrons. The first-order valence-corrected chi connectivity index (χ1v) is 4.13. The van der Waals surface area contributed by atoms with Crippen molar-refractivity contribution in [2.24, 2.45) is 0 Å². The summed E-state index contributed by atoms with van der Waals surface area (Å²) in [5, 5.41) is 0. The van der Waals surface area contributed by atoms with Crippen LogP contribution in [0.2, 0.25) is 0 Å². The summed E-state index contributed by atoms with van der Waals surface area (Å²) in [5.41, 5.74) is 0.